The van der Waals surface area contributed by atoms with E-state index < -0.39 is 0 Å². The van der Waals surface area contributed by atoms with E-state index in [9.17, 15) is 9.59 Å². The summed E-state index contributed by atoms with van der Waals surface area (Å²) in [6, 6.07) is 6.71. The molecule has 7 heteroatoms. The molecule has 0 unspecified atom stereocenters. The third kappa shape index (κ3) is 6.13. The van der Waals surface area contributed by atoms with Gasteiger partial charge >= 0.3 is 6.03 Å². The van der Waals surface area contributed by atoms with Crippen molar-refractivity contribution in [3.05, 3.63) is 46.8 Å². The average Bonchev–Trinajstić information content (AvgIpc) is 3.01. The van der Waals surface area contributed by atoms with Crippen LogP contribution in [0.1, 0.15) is 61.5 Å². The lowest BCUT2D eigenvalue weighted by atomic mass is 10.0. The predicted molar refractivity (Wildman–Crippen MR) is 105 cm³/mol. The molecule has 146 valence electrons. The van der Waals surface area contributed by atoms with E-state index in [-0.39, 0.29) is 24.0 Å². The van der Waals surface area contributed by atoms with Gasteiger partial charge in [-0.25, -0.2) is 4.79 Å². The summed E-state index contributed by atoms with van der Waals surface area (Å²) in [6.07, 6.45) is 1.83. The van der Waals surface area contributed by atoms with Crippen molar-refractivity contribution in [1.82, 2.24) is 15.8 Å². The zero-order valence-electron chi connectivity index (χ0n) is 16.6. The molecular formula is C20H28N4O3. The van der Waals surface area contributed by atoms with Crippen molar-refractivity contribution in [3.63, 3.8) is 0 Å². The quantitative estimate of drug-likeness (QED) is 0.719. The molecule has 2 aromatic rings. The maximum Gasteiger partial charge on any atom is 0.319 e. The van der Waals surface area contributed by atoms with Crippen LogP contribution in [0.2, 0.25) is 0 Å². The normalized spacial score (nSPS) is 11.1. The molecule has 0 spiro atoms. The van der Waals surface area contributed by atoms with Crippen LogP contribution in [0.25, 0.3) is 0 Å². The highest BCUT2D eigenvalue weighted by Crippen LogP contribution is 2.19. The molecule has 0 fully saturated rings. The highest BCUT2D eigenvalue weighted by atomic mass is 16.5. The van der Waals surface area contributed by atoms with Gasteiger partial charge in [-0.1, -0.05) is 24.6 Å². The summed E-state index contributed by atoms with van der Waals surface area (Å²) in [7, 11) is 0. The van der Waals surface area contributed by atoms with Gasteiger partial charge in [0.25, 0.3) is 5.91 Å². The van der Waals surface area contributed by atoms with Crippen molar-refractivity contribution >= 4 is 17.6 Å². The van der Waals surface area contributed by atoms with Gasteiger partial charge in [0.1, 0.15) is 0 Å². The van der Waals surface area contributed by atoms with Gasteiger partial charge in [-0.15, -0.1) is 0 Å². The van der Waals surface area contributed by atoms with Crippen LogP contribution in [-0.4, -0.2) is 22.6 Å². The first-order chi connectivity index (χ1) is 12.7. The summed E-state index contributed by atoms with van der Waals surface area (Å²) in [6.45, 7) is 9.88. The summed E-state index contributed by atoms with van der Waals surface area (Å²) in [5.41, 5.74) is 2.36. The van der Waals surface area contributed by atoms with E-state index in [0.717, 1.165) is 18.5 Å². The van der Waals surface area contributed by atoms with Crippen LogP contribution < -0.4 is 16.0 Å². The largest absolute Gasteiger partial charge is 0.359 e. The molecule has 2 rings (SSSR count). The molecule has 0 radical (unpaired) electrons. The summed E-state index contributed by atoms with van der Waals surface area (Å²) >= 11 is 0. The van der Waals surface area contributed by atoms with Crippen LogP contribution in [0.4, 0.5) is 10.5 Å². The van der Waals surface area contributed by atoms with E-state index in [1.807, 2.05) is 26.8 Å². The van der Waals surface area contributed by atoms with Gasteiger partial charge in [0.2, 0.25) is 0 Å². The minimum Gasteiger partial charge on any atom is -0.359 e. The second-order valence-electron chi connectivity index (χ2n) is 7.52. The Morgan fingerprint density at radius 1 is 1.22 bits per heavy atom. The number of nitrogens with one attached hydrogen (secondary N) is 3. The molecule has 1 aromatic heterocycles. The second kappa shape index (κ2) is 8.70. The number of hydrogen-bond donors (Lipinski definition) is 3. The molecule has 7 nitrogen and oxygen atoms in total. The zero-order chi connectivity index (χ0) is 20.0. The number of aryl methyl sites for hydroxylation is 1. The topological polar surface area (TPSA) is 96.3 Å². The zero-order valence-corrected chi connectivity index (χ0v) is 16.6. The van der Waals surface area contributed by atoms with Gasteiger partial charge in [-0.05, 0) is 51.8 Å². The third-order valence-electron chi connectivity index (χ3n) is 3.85. The van der Waals surface area contributed by atoms with Crippen LogP contribution in [-0.2, 0) is 13.0 Å². The van der Waals surface area contributed by atoms with E-state index in [2.05, 4.69) is 28.0 Å². The fourth-order valence-electron chi connectivity index (χ4n) is 2.57. The number of anilines is 1. The van der Waals surface area contributed by atoms with Crippen LogP contribution >= 0.6 is 0 Å². The summed E-state index contributed by atoms with van der Waals surface area (Å²) in [4.78, 5) is 24.6. The van der Waals surface area contributed by atoms with E-state index in [4.69, 9.17) is 4.52 Å². The Morgan fingerprint density at radius 2 is 1.96 bits per heavy atom. The highest BCUT2D eigenvalue weighted by Gasteiger charge is 2.18. The Labute approximate surface area is 159 Å². The number of nitrogens with zero attached hydrogens (tertiary/aromatic N) is 1. The first-order valence-corrected chi connectivity index (χ1v) is 9.11. The molecule has 3 N–H and O–H groups in total. The lowest BCUT2D eigenvalue weighted by Crippen LogP contribution is -2.41. The van der Waals surface area contributed by atoms with Gasteiger partial charge in [0.15, 0.2) is 5.76 Å². The maximum absolute atomic E-state index is 12.4. The Morgan fingerprint density at radius 3 is 2.63 bits per heavy atom. The van der Waals surface area contributed by atoms with Crippen molar-refractivity contribution in [3.8, 4) is 0 Å². The number of hydrogen-bond acceptors (Lipinski definition) is 4. The second-order valence-corrected chi connectivity index (χ2v) is 7.52. The lowest BCUT2D eigenvalue weighted by molar-refractivity contribution is 0.0919. The smallest absolute Gasteiger partial charge is 0.319 e. The maximum atomic E-state index is 12.4. The van der Waals surface area contributed by atoms with Crippen molar-refractivity contribution in [2.75, 3.05) is 5.32 Å². The molecule has 0 aliphatic carbocycles. The van der Waals surface area contributed by atoms with E-state index in [1.54, 1.807) is 25.1 Å². The number of aromatic nitrogens is 1. The first-order valence-electron chi connectivity index (χ1n) is 9.11. The summed E-state index contributed by atoms with van der Waals surface area (Å²) < 4.78 is 5.19. The Balaban J connectivity index is 1.98. The molecule has 1 heterocycles. The number of carbonyl (C=O) groups excluding carboxylic acids is 2. The molecular weight excluding hydrogens is 344 g/mol. The van der Waals surface area contributed by atoms with E-state index in [0.29, 0.717) is 22.6 Å². The monoisotopic (exact) mass is 372 g/mol. The molecule has 3 amide bonds. The van der Waals surface area contributed by atoms with Crippen molar-refractivity contribution < 1.29 is 14.1 Å². The molecule has 0 atom stereocenters. The number of carbonyl (C=O) groups is 2. The van der Waals surface area contributed by atoms with Gasteiger partial charge in [-0.2, -0.15) is 0 Å². The fourth-order valence-corrected chi connectivity index (χ4v) is 2.57. The molecule has 0 aliphatic heterocycles. The third-order valence-corrected chi connectivity index (χ3v) is 3.85. The average molecular weight is 372 g/mol. The summed E-state index contributed by atoms with van der Waals surface area (Å²) in [5, 5.41) is 12.4. The molecule has 1 aromatic carbocycles. The Hall–Kier alpha value is -2.83. The molecule has 0 bridgehead atoms. The molecule has 0 saturated carbocycles. The van der Waals surface area contributed by atoms with Crippen LogP contribution in [0.3, 0.4) is 0 Å². The standard InChI is InChI=1S/C20H28N4O3/c1-6-8-14-11-15(27-24-14)12-21-19(26)22-17-10-7-9-16(13(17)2)18(25)23-20(3,4)5/h7,9-11H,6,8,12H2,1-5H3,(H,23,25)(H2,21,22,26). The molecule has 27 heavy (non-hydrogen) atoms. The van der Waals surface area contributed by atoms with Gasteiger partial charge < -0.3 is 20.5 Å². The number of rotatable bonds is 6. The minimum atomic E-state index is -0.375. The Kier molecular flexibility index (Phi) is 6.60. The SMILES string of the molecule is CCCc1cc(CNC(=O)Nc2cccc(C(=O)NC(C)(C)C)c2C)on1. The number of benzene rings is 1. The lowest BCUT2D eigenvalue weighted by Gasteiger charge is -2.21. The van der Waals surface area contributed by atoms with Crippen molar-refractivity contribution in [2.45, 2.75) is 59.5 Å². The van der Waals surface area contributed by atoms with Gasteiger partial charge in [0.05, 0.1) is 12.2 Å². The number of urea groups is 1. The highest BCUT2D eigenvalue weighted by molar-refractivity contribution is 5.99. The predicted octanol–water partition coefficient (Wildman–Crippen LogP) is 3.79. The molecule has 0 aliphatic rings. The Bertz CT molecular complexity index is 806. The van der Waals surface area contributed by atoms with Crippen molar-refractivity contribution in [2.24, 2.45) is 0 Å². The van der Waals surface area contributed by atoms with Crippen LogP contribution in [0.5, 0.6) is 0 Å². The minimum absolute atomic E-state index is 0.172. The first kappa shape index (κ1) is 20.5. The van der Waals surface area contributed by atoms with Gasteiger partial charge in [-0.3, -0.25) is 4.79 Å². The van der Waals surface area contributed by atoms with Gasteiger partial charge in [0, 0.05) is 22.9 Å². The van der Waals surface area contributed by atoms with Crippen molar-refractivity contribution in [1.29, 1.82) is 0 Å². The van der Waals surface area contributed by atoms with E-state index in [1.165, 1.54) is 0 Å². The van der Waals surface area contributed by atoms with Crippen LogP contribution in [0, 0.1) is 6.92 Å². The molecule has 0 saturated heterocycles. The van der Waals surface area contributed by atoms with E-state index >= 15 is 0 Å². The summed E-state index contributed by atoms with van der Waals surface area (Å²) in [5.74, 6) is 0.429. The number of amides is 3. The fraction of sp³-hybridized carbons (Fsp3) is 0.450. The van der Waals surface area contributed by atoms with Crippen LogP contribution in [0.15, 0.2) is 28.8 Å².